The average molecular weight is 326 g/mol. The Morgan fingerprint density at radius 1 is 0.800 bits per heavy atom. The van der Waals surface area contributed by atoms with Gasteiger partial charge in [0, 0.05) is 18.3 Å². The number of nitrogens with zero attached hydrogens (tertiary/aromatic N) is 2. The van der Waals surface area contributed by atoms with Gasteiger partial charge >= 0.3 is 0 Å². The molecule has 0 amide bonds. The number of benzene rings is 3. The minimum Gasteiger partial charge on any atom is -0.359 e. The van der Waals surface area contributed by atoms with Crippen molar-refractivity contribution < 1.29 is 0 Å². The van der Waals surface area contributed by atoms with Crippen molar-refractivity contribution in [3.63, 3.8) is 0 Å². The molecule has 0 saturated carbocycles. The smallest absolute Gasteiger partial charge is 0.108 e. The third kappa shape index (κ3) is 2.37. The minimum atomic E-state index is -0.249. The summed E-state index contributed by atoms with van der Waals surface area (Å²) in [6, 6.07) is 29.6. The van der Waals surface area contributed by atoms with Gasteiger partial charge in [-0.25, -0.2) is 4.99 Å². The van der Waals surface area contributed by atoms with Crippen molar-refractivity contribution in [2.75, 3.05) is 11.9 Å². The lowest BCUT2D eigenvalue weighted by Gasteiger charge is -2.38. The third-order valence-electron chi connectivity index (χ3n) is 5.24. The van der Waals surface area contributed by atoms with Crippen LogP contribution in [0.2, 0.25) is 0 Å². The number of likely N-dealkylation sites (N-methyl/N-ethyl adjacent to an activating group) is 1. The van der Waals surface area contributed by atoms with Crippen molar-refractivity contribution in [1.82, 2.24) is 0 Å². The molecule has 2 heteroatoms. The summed E-state index contributed by atoms with van der Waals surface area (Å²) in [4.78, 5) is 7.51. The highest BCUT2D eigenvalue weighted by atomic mass is 15.2. The zero-order chi connectivity index (χ0) is 17.3. The highest BCUT2D eigenvalue weighted by Gasteiger charge is 2.47. The standard InChI is InChI=1S/C23H22N2/c1-3-23(18-12-6-4-7-13-18)22(24-19-14-8-5-9-15-19)20-16-10-11-17-21(20)25(23)2/h4-17H,3H2,1-2H3. The van der Waals surface area contributed by atoms with Crippen LogP contribution in [0.1, 0.15) is 24.5 Å². The first-order chi connectivity index (χ1) is 12.3. The minimum absolute atomic E-state index is 0.249. The molecule has 1 aliphatic rings. The topological polar surface area (TPSA) is 15.6 Å². The second-order valence-electron chi connectivity index (χ2n) is 6.45. The van der Waals surface area contributed by atoms with Crippen LogP contribution in [0.5, 0.6) is 0 Å². The number of anilines is 1. The first kappa shape index (κ1) is 15.6. The van der Waals surface area contributed by atoms with Crippen LogP contribution in [0.4, 0.5) is 11.4 Å². The van der Waals surface area contributed by atoms with Crippen molar-refractivity contribution in [2.24, 2.45) is 4.99 Å². The molecule has 1 heterocycles. The van der Waals surface area contributed by atoms with Crippen LogP contribution in [0.25, 0.3) is 0 Å². The van der Waals surface area contributed by atoms with E-state index in [-0.39, 0.29) is 5.54 Å². The summed E-state index contributed by atoms with van der Waals surface area (Å²) in [6.07, 6.45) is 0.952. The third-order valence-corrected chi connectivity index (χ3v) is 5.24. The molecule has 3 aromatic carbocycles. The molecule has 0 bridgehead atoms. The van der Waals surface area contributed by atoms with Crippen molar-refractivity contribution in [3.05, 3.63) is 96.1 Å². The van der Waals surface area contributed by atoms with Crippen LogP contribution in [0, 0.1) is 0 Å². The summed E-state index contributed by atoms with van der Waals surface area (Å²) in [5, 5.41) is 0. The van der Waals surface area contributed by atoms with Crippen LogP contribution < -0.4 is 4.90 Å². The van der Waals surface area contributed by atoms with Crippen LogP contribution in [-0.2, 0) is 5.54 Å². The lowest BCUT2D eigenvalue weighted by atomic mass is 9.82. The second-order valence-corrected chi connectivity index (χ2v) is 6.45. The molecule has 3 aromatic rings. The number of hydrogen-bond acceptors (Lipinski definition) is 2. The summed E-state index contributed by atoms with van der Waals surface area (Å²) in [7, 11) is 2.18. The molecule has 0 N–H and O–H groups in total. The van der Waals surface area contributed by atoms with E-state index in [0.29, 0.717) is 0 Å². The van der Waals surface area contributed by atoms with E-state index in [1.807, 2.05) is 18.2 Å². The monoisotopic (exact) mass is 326 g/mol. The molecule has 2 nitrogen and oxygen atoms in total. The molecule has 4 rings (SSSR count). The number of fused-ring (bicyclic) bond motifs is 1. The van der Waals surface area contributed by atoms with Crippen molar-refractivity contribution in [2.45, 2.75) is 18.9 Å². The Kier molecular flexibility index (Phi) is 3.89. The zero-order valence-electron chi connectivity index (χ0n) is 14.7. The van der Waals surface area contributed by atoms with Gasteiger partial charge in [-0.1, -0.05) is 73.7 Å². The molecule has 1 aliphatic heterocycles. The van der Waals surface area contributed by atoms with Gasteiger partial charge in [-0.15, -0.1) is 0 Å². The maximum absolute atomic E-state index is 5.13. The molecule has 124 valence electrons. The van der Waals surface area contributed by atoms with Gasteiger partial charge in [0.05, 0.1) is 11.4 Å². The van der Waals surface area contributed by atoms with E-state index in [0.717, 1.165) is 17.8 Å². The van der Waals surface area contributed by atoms with Gasteiger partial charge in [0.15, 0.2) is 0 Å². The van der Waals surface area contributed by atoms with E-state index < -0.39 is 0 Å². The molecular weight excluding hydrogens is 304 g/mol. The molecule has 0 aromatic heterocycles. The first-order valence-electron chi connectivity index (χ1n) is 8.80. The Labute approximate surface area is 149 Å². The fourth-order valence-corrected chi connectivity index (χ4v) is 3.99. The highest BCUT2D eigenvalue weighted by molar-refractivity contribution is 6.18. The van der Waals surface area contributed by atoms with Gasteiger partial charge in [0.25, 0.3) is 0 Å². The SMILES string of the molecule is CCC1(c2ccccc2)C(=Nc2ccccc2)c2ccccc2N1C. The van der Waals surface area contributed by atoms with Crippen LogP contribution in [0.3, 0.4) is 0 Å². The van der Waals surface area contributed by atoms with E-state index in [9.17, 15) is 0 Å². The van der Waals surface area contributed by atoms with Gasteiger partial charge in [0.2, 0.25) is 0 Å². The van der Waals surface area contributed by atoms with Gasteiger partial charge in [0.1, 0.15) is 5.54 Å². The van der Waals surface area contributed by atoms with E-state index >= 15 is 0 Å². The lowest BCUT2D eigenvalue weighted by molar-refractivity contribution is 0.556. The van der Waals surface area contributed by atoms with Gasteiger partial charge in [-0.3, -0.25) is 0 Å². The summed E-state index contributed by atoms with van der Waals surface area (Å²) in [5.41, 5.74) is 5.62. The predicted octanol–water partition coefficient (Wildman–Crippen LogP) is 5.56. The fourth-order valence-electron chi connectivity index (χ4n) is 3.99. The Hall–Kier alpha value is -2.87. The van der Waals surface area contributed by atoms with Crippen molar-refractivity contribution >= 4 is 17.1 Å². The van der Waals surface area contributed by atoms with Crippen LogP contribution in [-0.4, -0.2) is 12.8 Å². The van der Waals surface area contributed by atoms with Gasteiger partial charge in [-0.05, 0) is 30.2 Å². The number of rotatable bonds is 3. The normalized spacial score (nSPS) is 20.7. The van der Waals surface area contributed by atoms with Crippen LogP contribution >= 0.6 is 0 Å². The summed E-state index contributed by atoms with van der Waals surface area (Å²) in [6.45, 7) is 2.25. The maximum Gasteiger partial charge on any atom is 0.108 e. The Morgan fingerprint density at radius 3 is 2.08 bits per heavy atom. The molecule has 0 radical (unpaired) electrons. The number of aliphatic imine (C=N–C) groups is 1. The van der Waals surface area contributed by atoms with Gasteiger partial charge < -0.3 is 4.90 Å². The molecule has 0 saturated heterocycles. The van der Waals surface area contributed by atoms with Crippen LogP contribution in [0.15, 0.2) is 89.9 Å². The van der Waals surface area contributed by atoms with E-state index in [2.05, 4.69) is 85.6 Å². The molecule has 1 atom stereocenters. The predicted molar refractivity (Wildman–Crippen MR) is 106 cm³/mol. The summed E-state index contributed by atoms with van der Waals surface area (Å²) < 4.78 is 0. The maximum atomic E-state index is 5.13. The molecular formula is C23H22N2. The second kappa shape index (κ2) is 6.21. The fraction of sp³-hybridized carbons (Fsp3) is 0.174. The molecule has 0 aliphatic carbocycles. The lowest BCUT2D eigenvalue weighted by Crippen LogP contribution is -2.45. The molecule has 0 spiro atoms. The van der Waals surface area contributed by atoms with E-state index in [4.69, 9.17) is 4.99 Å². The van der Waals surface area contributed by atoms with Gasteiger partial charge in [-0.2, -0.15) is 0 Å². The van der Waals surface area contributed by atoms with E-state index in [1.165, 1.54) is 16.8 Å². The molecule has 25 heavy (non-hydrogen) atoms. The van der Waals surface area contributed by atoms with E-state index in [1.54, 1.807) is 0 Å². The largest absolute Gasteiger partial charge is 0.359 e. The molecule has 0 fully saturated rings. The Balaban J connectivity index is 2.00. The summed E-state index contributed by atoms with van der Waals surface area (Å²) in [5.74, 6) is 0. The van der Waals surface area contributed by atoms with Crippen molar-refractivity contribution in [1.29, 1.82) is 0 Å². The number of hydrogen-bond donors (Lipinski definition) is 0. The van der Waals surface area contributed by atoms with Crippen molar-refractivity contribution in [3.8, 4) is 0 Å². The Bertz CT molecular complexity index is 900. The highest BCUT2D eigenvalue weighted by Crippen LogP contribution is 2.47. The Morgan fingerprint density at radius 2 is 1.40 bits per heavy atom. The quantitative estimate of drug-likeness (QED) is 0.615. The average Bonchev–Trinajstić information content (AvgIpc) is 2.93. The molecule has 1 unspecified atom stereocenters. The first-order valence-corrected chi connectivity index (χ1v) is 8.80. The summed E-state index contributed by atoms with van der Waals surface area (Å²) >= 11 is 0. The zero-order valence-corrected chi connectivity index (χ0v) is 14.7. The number of para-hydroxylation sites is 2.